The highest BCUT2D eigenvalue weighted by Gasteiger charge is 2.23. The lowest BCUT2D eigenvalue weighted by molar-refractivity contribution is 0.188. The van der Waals surface area contributed by atoms with E-state index in [1.807, 2.05) is 20.0 Å². The summed E-state index contributed by atoms with van der Waals surface area (Å²) >= 11 is 0. The lowest BCUT2D eigenvalue weighted by Gasteiger charge is -2.30. The zero-order chi connectivity index (χ0) is 19.4. The molecule has 1 aliphatic rings. The third-order valence-corrected chi connectivity index (χ3v) is 5.19. The summed E-state index contributed by atoms with van der Waals surface area (Å²) in [5.74, 6) is -0.167. The number of fused-ring (bicyclic) bond motifs is 1. The number of rotatable bonds is 6. The number of nitrogens with zero attached hydrogens (tertiary/aromatic N) is 5. The molecule has 1 aliphatic heterocycles. The van der Waals surface area contributed by atoms with Gasteiger partial charge in [0.2, 0.25) is 0 Å². The zero-order valence-electron chi connectivity index (χ0n) is 16.3. The molecule has 7 nitrogen and oxygen atoms in total. The van der Waals surface area contributed by atoms with E-state index in [0.717, 1.165) is 30.7 Å². The second-order valence-electron chi connectivity index (χ2n) is 7.05. The fraction of sp³-hybridized carbons (Fsp3) is 0.579. The minimum Gasteiger partial charge on any atom is -0.408 e. The maximum absolute atomic E-state index is 14.5. The molecule has 2 aromatic rings. The molecular formula is C19H29FN6O. The van der Waals surface area contributed by atoms with Crippen molar-refractivity contribution in [1.29, 1.82) is 0 Å². The number of nitrogens with one attached hydrogen (secondary N) is 1. The Labute approximate surface area is 159 Å². The summed E-state index contributed by atoms with van der Waals surface area (Å²) in [4.78, 5) is 4.08. The fourth-order valence-corrected chi connectivity index (χ4v) is 3.75. The summed E-state index contributed by atoms with van der Waals surface area (Å²) in [6.07, 6.45) is 3.06. The van der Waals surface area contributed by atoms with E-state index in [1.165, 1.54) is 23.6 Å². The minimum atomic E-state index is -0.378. The standard InChI is InChI=1S/C19H29FN6O/c1-4-17-15-9-6-10-16(20)18(15)26(22-17)19(23-27)24(3)13-25(5-2)12-14-8-7-11-21-14/h6,9-10,14,21,27H,4-5,7-8,11-13H2,1-3H3/b23-19+/t14-/m1/s1. The third-order valence-electron chi connectivity index (χ3n) is 5.19. The van der Waals surface area contributed by atoms with Crippen LogP contribution in [0.25, 0.3) is 10.9 Å². The van der Waals surface area contributed by atoms with Gasteiger partial charge in [-0.1, -0.05) is 26.0 Å². The van der Waals surface area contributed by atoms with Crippen molar-refractivity contribution in [2.24, 2.45) is 5.16 Å². The molecule has 1 aromatic carbocycles. The molecule has 0 aliphatic carbocycles. The van der Waals surface area contributed by atoms with Gasteiger partial charge in [0.25, 0.3) is 5.96 Å². The van der Waals surface area contributed by atoms with Crippen molar-refractivity contribution in [3.63, 3.8) is 0 Å². The van der Waals surface area contributed by atoms with Gasteiger partial charge < -0.3 is 15.4 Å². The molecule has 1 saturated heterocycles. The molecule has 0 amide bonds. The molecule has 0 spiro atoms. The van der Waals surface area contributed by atoms with E-state index in [9.17, 15) is 9.60 Å². The first-order valence-corrected chi connectivity index (χ1v) is 9.64. The number of benzene rings is 1. The van der Waals surface area contributed by atoms with E-state index in [-0.39, 0.29) is 11.8 Å². The van der Waals surface area contributed by atoms with Gasteiger partial charge in [-0.3, -0.25) is 4.90 Å². The second kappa shape index (κ2) is 8.67. The Bertz CT molecular complexity index is 799. The van der Waals surface area contributed by atoms with Gasteiger partial charge in [-0.05, 0) is 43.6 Å². The number of hydrogen-bond acceptors (Lipinski definition) is 5. The Balaban J connectivity index is 1.85. The van der Waals surface area contributed by atoms with Crippen LogP contribution in [0.15, 0.2) is 23.4 Å². The van der Waals surface area contributed by atoms with Gasteiger partial charge in [-0.2, -0.15) is 9.78 Å². The lowest BCUT2D eigenvalue weighted by Crippen LogP contribution is -2.46. The Morgan fingerprint density at radius 3 is 2.89 bits per heavy atom. The smallest absolute Gasteiger partial charge is 0.264 e. The molecule has 0 saturated carbocycles. The van der Waals surface area contributed by atoms with Gasteiger partial charge in [-0.15, -0.1) is 0 Å². The van der Waals surface area contributed by atoms with Crippen molar-refractivity contribution in [2.45, 2.75) is 39.2 Å². The fourth-order valence-electron chi connectivity index (χ4n) is 3.75. The van der Waals surface area contributed by atoms with Gasteiger partial charge in [0, 0.05) is 25.0 Å². The summed E-state index contributed by atoms with van der Waals surface area (Å²) in [6.45, 7) is 7.51. The van der Waals surface area contributed by atoms with E-state index in [2.05, 4.69) is 27.4 Å². The summed E-state index contributed by atoms with van der Waals surface area (Å²) in [6, 6.07) is 5.41. The predicted octanol–water partition coefficient (Wildman–Crippen LogP) is 2.29. The van der Waals surface area contributed by atoms with Crippen LogP contribution in [0.4, 0.5) is 4.39 Å². The average molecular weight is 376 g/mol. The molecule has 27 heavy (non-hydrogen) atoms. The average Bonchev–Trinajstić information content (AvgIpc) is 3.30. The van der Waals surface area contributed by atoms with E-state index in [1.54, 1.807) is 11.0 Å². The monoisotopic (exact) mass is 376 g/mol. The topological polar surface area (TPSA) is 68.9 Å². The number of likely N-dealkylation sites (N-methyl/N-ethyl adjacent to an activating group) is 1. The highest BCUT2D eigenvalue weighted by atomic mass is 19.1. The predicted molar refractivity (Wildman–Crippen MR) is 105 cm³/mol. The van der Waals surface area contributed by atoms with Crippen LogP contribution in [0, 0.1) is 5.82 Å². The molecule has 0 bridgehead atoms. The quantitative estimate of drug-likeness (QED) is 0.266. The van der Waals surface area contributed by atoms with Crippen molar-refractivity contribution in [3.8, 4) is 0 Å². The zero-order valence-corrected chi connectivity index (χ0v) is 16.3. The summed E-state index contributed by atoms with van der Waals surface area (Å²) in [5.41, 5.74) is 1.12. The second-order valence-corrected chi connectivity index (χ2v) is 7.05. The van der Waals surface area contributed by atoms with Crippen LogP contribution in [-0.4, -0.2) is 70.1 Å². The van der Waals surface area contributed by atoms with Gasteiger partial charge >= 0.3 is 0 Å². The molecule has 2 heterocycles. The van der Waals surface area contributed by atoms with Crippen LogP contribution in [0.3, 0.4) is 0 Å². The van der Waals surface area contributed by atoms with Crippen molar-refractivity contribution in [1.82, 2.24) is 24.9 Å². The normalized spacial score (nSPS) is 18.0. The van der Waals surface area contributed by atoms with Crippen LogP contribution < -0.4 is 5.32 Å². The minimum absolute atomic E-state index is 0.211. The Morgan fingerprint density at radius 2 is 2.26 bits per heavy atom. The number of oxime groups is 1. The van der Waals surface area contributed by atoms with Crippen molar-refractivity contribution < 1.29 is 9.60 Å². The van der Waals surface area contributed by atoms with Gasteiger partial charge in [0.15, 0.2) is 0 Å². The van der Waals surface area contributed by atoms with E-state index >= 15 is 0 Å². The molecule has 1 fully saturated rings. The molecule has 8 heteroatoms. The van der Waals surface area contributed by atoms with Crippen LogP contribution >= 0.6 is 0 Å². The summed E-state index contributed by atoms with van der Waals surface area (Å²) in [7, 11) is 1.83. The summed E-state index contributed by atoms with van der Waals surface area (Å²) in [5, 5.41) is 21.9. The molecule has 1 atom stereocenters. The van der Waals surface area contributed by atoms with Crippen LogP contribution in [0.5, 0.6) is 0 Å². The largest absolute Gasteiger partial charge is 0.408 e. The highest BCUT2D eigenvalue weighted by molar-refractivity contribution is 5.93. The Kier molecular flexibility index (Phi) is 6.28. The van der Waals surface area contributed by atoms with Crippen LogP contribution in [-0.2, 0) is 6.42 Å². The number of aromatic nitrogens is 2. The number of aryl methyl sites for hydroxylation is 1. The van der Waals surface area contributed by atoms with E-state index in [4.69, 9.17) is 0 Å². The van der Waals surface area contributed by atoms with Gasteiger partial charge in [0.1, 0.15) is 11.3 Å². The first-order valence-electron chi connectivity index (χ1n) is 9.64. The molecular weight excluding hydrogens is 347 g/mol. The first-order chi connectivity index (χ1) is 13.1. The van der Waals surface area contributed by atoms with Gasteiger partial charge in [-0.25, -0.2) is 4.39 Å². The SMILES string of the molecule is CCc1nn(/C(=N/O)N(C)CN(CC)C[C@H]2CCCN2)c2c(F)cccc12. The maximum Gasteiger partial charge on any atom is 0.264 e. The van der Waals surface area contributed by atoms with E-state index in [0.29, 0.717) is 24.6 Å². The Morgan fingerprint density at radius 1 is 1.44 bits per heavy atom. The van der Waals surface area contributed by atoms with Crippen LogP contribution in [0.1, 0.15) is 32.4 Å². The van der Waals surface area contributed by atoms with Gasteiger partial charge in [0.05, 0.1) is 12.4 Å². The van der Waals surface area contributed by atoms with Crippen LogP contribution in [0.2, 0.25) is 0 Å². The summed E-state index contributed by atoms with van der Waals surface area (Å²) < 4.78 is 15.9. The molecule has 1 aromatic heterocycles. The third kappa shape index (κ3) is 4.06. The highest BCUT2D eigenvalue weighted by Crippen LogP contribution is 2.22. The number of para-hydroxylation sites is 1. The number of hydrogen-bond donors (Lipinski definition) is 2. The Hall–Kier alpha value is -2.19. The van der Waals surface area contributed by atoms with E-state index < -0.39 is 0 Å². The van der Waals surface area contributed by atoms with Crippen molar-refractivity contribution in [3.05, 3.63) is 29.7 Å². The van der Waals surface area contributed by atoms with Crippen molar-refractivity contribution >= 4 is 16.9 Å². The van der Waals surface area contributed by atoms with Crippen molar-refractivity contribution in [2.75, 3.05) is 33.4 Å². The molecule has 3 rings (SSSR count). The molecule has 148 valence electrons. The first kappa shape index (κ1) is 19.6. The maximum atomic E-state index is 14.5. The molecule has 0 radical (unpaired) electrons. The number of halogens is 1. The molecule has 2 N–H and O–H groups in total. The lowest BCUT2D eigenvalue weighted by atomic mass is 10.2. The molecule has 0 unspecified atom stereocenters.